The lowest BCUT2D eigenvalue weighted by Crippen LogP contribution is -2.35. The van der Waals surface area contributed by atoms with Crippen LogP contribution in [0.25, 0.3) is 10.2 Å². The van der Waals surface area contributed by atoms with Gasteiger partial charge in [0.05, 0.1) is 5.39 Å². The number of hydrogen-bond donors (Lipinski definition) is 2. The molecule has 1 saturated heterocycles. The Morgan fingerprint density at radius 3 is 3.05 bits per heavy atom. The van der Waals surface area contributed by atoms with Crippen molar-refractivity contribution in [3.63, 3.8) is 0 Å². The highest BCUT2D eigenvalue weighted by atomic mass is 32.1. The molecule has 2 aromatic heterocycles. The number of hydrogen-bond acceptors (Lipinski definition) is 6. The molecule has 0 amide bonds. The number of piperidine rings is 1. The minimum absolute atomic E-state index is 0.509. The van der Waals surface area contributed by atoms with E-state index in [1.165, 1.54) is 23.1 Å². The van der Waals surface area contributed by atoms with Crippen molar-refractivity contribution in [1.29, 1.82) is 0 Å². The van der Waals surface area contributed by atoms with Gasteiger partial charge in [0, 0.05) is 18.0 Å². The van der Waals surface area contributed by atoms with Gasteiger partial charge in [-0.15, -0.1) is 11.3 Å². The molecule has 0 spiro atoms. The fraction of sp³-hybridized carbons (Fsp3) is 0.571. The van der Waals surface area contributed by atoms with Crippen molar-refractivity contribution in [3.05, 3.63) is 10.9 Å². The molecule has 0 bridgehead atoms. The van der Waals surface area contributed by atoms with Crippen molar-refractivity contribution < 1.29 is 0 Å². The smallest absolute Gasteiger partial charge is 0.240 e. The Kier molecular flexibility index (Phi) is 3.76. The second kappa shape index (κ2) is 5.54. The molecule has 6 heteroatoms. The first kappa shape index (κ1) is 13.6. The van der Waals surface area contributed by atoms with Crippen molar-refractivity contribution in [1.82, 2.24) is 9.97 Å². The van der Waals surface area contributed by atoms with E-state index in [-0.39, 0.29) is 0 Å². The molecule has 1 aliphatic heterocycles. The van der Waals surface area contributed by atoms with Gasteiger partial charge >= 0.3 is 0 Å². The van der Waals surface area contributed by atoms with E-state index >= 15 is 0 Å². The molecule has 2 aromatic rings. The summed E-state index contributed by atoms with van der Waals surface area (Å²) >= 11 is 1.73. The number of nitrogen functional groups attached to an aromatic ring is 1. The molecule has 3 heterocycles. The normalized spacial score (nSPS) is 19.6. The predicted molar refractivity (Wildman–Crippen MR) is 85.2 cm³/mol. The number of nitrogens with two attached hydrogens (primary N) is 1. The second-order valence-electron chi connectivity index (χ2n) is 5.49. The Hall–Kier alpha value is -1.40. The Morgan fingerprint density at radius 1 is 1.50 bits per heavy atom. The van der Waals surface area contributed by atoms with Gasteiger partial charge in [-0.3, -0.25) is 5.43 Å². The molecule has 0 radical (unpaired) electrons. The topological polar surface area (TPSA) is 67.1 Å². The number of rotatable bonds is 3. The van der Waals surface area contributed by atoms with Crippen molar-refractivity contribution in [2.45, 2.75) is 33.1 Å². The summed E-state index contributed by atoms with van der Waals surface area (Å²) in [6.45, 7) is 6.60. The zero-order valence-electron chi connectivity index (χ0n) is 12.0. The van der Waals surface area contributed by atoms with Gasteiger partial charge in [-0.2, -0.15) is 4.98 Å². The van der Waals surface area contributed by atoms with Crippen LogP contribution in [0.15, 0.2) is 6.07 Å². The first-order valence-corrected chi connectivity index (χ1v) is 8.05. The SMILES string of the molecule is CCc1cc2c(N3CCCC(C)C3)nc(NN)nc2s1. The van der Waals surface area contributed by atoms with Crippen molar-refractivity contribution in [2.24, 2.45) is 11.8 Å². The lowest BCUT2D eigenvalue weighted by atomic mass is 10.0. The van der Waals surface area contributed by atoms with Gasteiger partial charge in [0.2, 0.25) is 5.95 Å². The van der Waals surface area contributed by atoms with Crippen LogP contribution < -0.4 is 16.2 Å². The molecule has 20 heavy (non-hydrogen) atoms. The summed E-state index contributed by atoms with van der Waals surface area (Å²) in [5.74, 6) is 7.77. The van der Waals surface area contributed by atoms with Gasteiger partial charge in [0.15, 0.2) is 0 Å². The van der Waals surface area contributed by atoms with Crippen LogP contribution in [-0.4, -0.2) is 23.1 Å². The van der Waals surface area contributed by atoms with Gasteiger partial charge in [-0.1, -0.05) is 13.8 Å². The summed E-state index contributed by atoms with van der Waals surface area (Å²) in [6.07, 6.45) is 3.56. The van der Waals surface area contributed by atoms with E-state index in [0.29, 0.717) is 11.9 Å². The first-order valence-electron chi connectivity index (χ1n) is 7.23. The number of aryl methyl sites for hydroxylation is 1. The molecule has 1 unspecified atom stereocenters. The molecule has 3 N–H and O–H groups in total. The third-order valence-electron chi connectivity index (χ3n) is 3.86. The molecule has 1 atom stereocenters. The van der Waals surface area contributed by atoms with Crippen molar-refractivity contribution in [2.75, 3.05) is 23.4 Å². The van der Waals surface area contributed by atoms with Crippen LogP contribution in [0.5, 0.6) is 0 Å². The maximum absolute atomic E-state index is 5.52. The lowest BCUT2D eigenvalue weighted by Gasteiger charge is -2.32. The van der Waals surface area contributed by atoms with E-state index in [2.05, 4.69) is 40.2 Å². The lowest BCUT2D eigenvalue weighted by molar-refractivity contribution is 0.445. The van der Waals surface area contributed by atoms with Gasteiger partial charge < -0.3 is 4.90 Å². The Balaban J connectivity index is 2.09. The van der Waals surface area contributed by atoms with Crippen LogP contribution in [0.2, 0.25) is 0 Å². The summed E-state index contributed by atoms with van der Waals surface area (Å²) < 4.78 is 0. The number of aromatic nitrogens is 2. The van der Waals surface area contributed by atoms with Crippen LogP contribution in [0.3, 0.4) is 0 Å². The standard InChI is InChI=1S/C14H21N5S/c1-3-10-7-11-12(19-6-4-5-9(2)8-19)16-14(18-15)17-13(11)20-10/h7,9H,3-6,8,15H2,1-2H3,(H,16,17,18). The maximum Gasteiger partial charge on any atom is 0.240 e. The molecule has 0 aromatic carbocycles. The van der Waals surface area contributed by atoms with E-state index in [1.54, 1.807) is 11.3 Å². The highest BCUT2D eigenvalue weighted by Gasteiger charge is 2.21. The summed E-state index contributed by atoms with van der Waals surface area (Å²) in [7, 11) is 0. The predicted octanol–water partition coefficient (Wildman–Crippen LogP) is 2.78. The van der Waals surface area contributed by atoms with Crippen LogP contribution in [0.4, 0.5) is 11.8 Å². The number of anilines is 2. The van der Waals surface area contributed by atoms with Gasteiger partial charge in [0.1, 0.15) is 10.6 Å². The highest BCUT2D eigenvalue weighted by molar-refractivity contribution is 7.18. The molecule has 5 nitrogen and oxygen atoms in total. The molecule has 1 fully saturated rings. The number of hydrazine groups is 1. The number of fused-ring (bicyclic) bond motifs is 1. The van der Waals surface area contributed by atoms with Crippen molar-refractivity contribution in [3.8, 4) is 0 Å². The van der Waals surface area contributed by atoms with Crippen LogP contribution in [-0.2, 0) is 6.42 Å². The fourth-order valence-corrected chi connectivity index (χ4v) is 3.78. The molecule has 3 rings (SSSR count). The Labute approximate surface area is 123 Å². The summed E-state index contributed by atoms with van der Waals surface area (Å²) in [6, 6.07) is 2.23. The summed E-state index contributed by atoms with van der Waals surface area (Å²) in [5.41, 5.74) is 2.59. The Bertz CT molecular complexity index is 609. The molecular weight excluding hydrogens is 270 g/mol. The van der Waals surface area contributed by atoms with Crippen LogP contribution in [0, 0.1) is 5.92 Å². The summed E-state index contributed by atoms with van der Waals surface area (Å²) in [5, 5.41) is 1.17. The van der Waals surface area contributed by atoms with Gasteiger partial charge in [-0.25, -0.2) is 10.8 Å². The minimum atomic E-state index is 0.509. The van der Waals surface area contributed by atoms with Gasteiger partial charge in [-0.05, 0) is 31.2 Å². The van der Waals surface area contributed by atoms with E-state index in [1.807, 2.05) is 0 Å². The maximum atomic E-state index is 5.52. The molecule has 1 aliphatic rings. The number of nitrogens with one attached hydrogen (secondary N) is 1. The van der Waals surface area contributed by atoms with E-state index in [4.69, 9.17) is 5.84 Å². The average molecular weight is 291 g/mol. The minimum Gasteiger partial charge on any atom is -0.356 e. The first-order chi connectivity index (χ1) is 9.71. The van der Waals surface area contributed by atoms with E-state index < -0.39 is 0 Å². The van der Waals surface area contributed by atoms with E-state index in [9.17, 15) is 0 Å². The van der Waals surface area contributed by atoms with Crippen LogP contribution in [0.1, 0.15) is 31.6 Å². The largest absolute Gasteiger partial charge is 0.356 e. The molecule has 0 aliphatic carbocycles. The zero-order valence-corrected chi connectivity index (χ0v) is 12.8. The molecular formula is C14H21N5S. The third-order valence-corrected chi connectivity index (χ3v) is 5.03. The highest BCUT2D eigenvalue weighted by Crippen LogP contribution is 2.34. The van der Waals surface area contributed by atoms with Crippen LogP contribution >= 0.6 is 11.3 Å². The Morgan fingerprint density at radius 2 is 2.35 bits per heavy atom. The van der Waals surface area contributed by atoms with Crippen molar-refractivity contribution >= 4 is 33.3 Å². The third kappa shape index (κ3) is 2.45. The number of thiophene rings is 1. The van der Waals surface area contributed by atoms with Gasteiger partial charge in [0.25, 0.3) is 0 Å². The fourth-order valence-electron chi connectivity index (χ4n) is 2.82. The average Bonchev–Trinajstić information content (AvgIpc) is 2.89. The second-order valence-corrected chi connectivity index (χ2v) is 6.61. The number of nitrogens with zero attached hydrogens (tertiary/aromatic N) is 3. The zero-order chi connectivity index (χ0) is 14.1. The monoisotopic (exact) mass is 291 g/mol. The molecule has 0 saturated carbocycles. The summed E-state index contributed by atoms with van der Waals surface area (Å²) in [4.78, 5) is 13.8. The molecule has 108 valence electrons. The van der Waals surface area contributed by atoms with E-state index in [0.717, 1.165) is 30.2 Å². The quantitative estimate of drug-likeness (QED) is 0.672.